The molecule has 0 amide bonds. The first-order valence-corrected chi connectivity index (χ1v) is 12.7. The van der Waals surface area contributed by atoms with E-state index in [2.05, 4.69) is 14.7 Å². The molecule has 8 nitrogen and oxygen atoms in total. The Morgan fingerprint density at radius 3 is 2.57 bits per heavy atom. The minimum atomic E-state index is -3.83. The van der Waals surface area contributed by atoms with Crippen molar-refractivity contribution in [1.82, 2.24) is 9.97 Å². The molecule has 4 N–H and O–H groups in total. The van der Waals surface area contributed by atoms with Crippen LogP contribution in [0.15, 0.2) is 30.6 Å². The number of aromatic nitrogens is 2. The number of halogens is 2. The van der Waals surface area contributed by atoms with Crippen molar-refractivity contribution in [1.29, 1.82) is 0 Å². The number of pyridine rings is 1. The van der Waals surface area contributed by atoms with Crippen molar-refractivity contribution in [3.05, 3.63) is 53.4 Å². The summed E-state index contributed by atoms with van der Waals surface area (Å²) in [5, 5.41) is 21.6. The number of benzene rings is 1. The van der Waals surface area contributed by atoms with Gasteiger partial charge in [0, 0.05) is 23.3 Å². The molecule has 1 radical (unpaired) electrons. The Balaban J connectivity index is 1.96. The van der Waals surface area contributed by atoms with E-state index in [4.69, 9.17) is 4.65 Å². The molecule has 0 aliphatic rings. The number of fused-ring (bicyclic) bond motifs is 1. The second-order valence-electron chi connectivity index (χ2n) is 9.36. The molecule has 0 aliphatic heterocycles. The van der Waals surface area contributed by atoms with E-state index >= 15 is 4.39 Å². The van der Waals surface area contributed by atoms with Gasteiger partial charge in [0.15, 0.2) is 5.82 Å². The van der Waals surface area contributed by atoms with Crippen LogP contribution in [0, 0.1) is 11.6 Å². The zero-order chi connectivity index (χ0) is 26.2. The lowest BCUT2D eigenvalue weighted by molar-refractivity contribution is -0.0893. The van der Waals surface area contributed by atoms with Gasteiger partial charge in [0.1, 0.15) is 17.6 Å². The highest BCUT2D eigenvalue weighted by atomic mass is 32.2. The van der Waals surface area contributed by atoms with Gasteiger partial charge in [0.25, 0.3) is 0 Å². The molecule has 0 spiro atoms. The number of nitrogens with one attached hydrogen (secondary N) is 2. The van der Waals surface area contributed by atoms with Crippen LogP contribution in [-0.2, 0) is 14.7 Å². The highest BCUT2D eigenvalue weighted by molar-refractivity contribution is 7.92. The molecule has 1 aromatic carbocycles. The molecular formula is C23H29BF2N3O5S. The molecule has 2 heterocycles. The first-order valence-electron chi connectivity index (χ1n) is 11.0. The van der Waals surface area contributed by atoms with E-state index in [9.17, 15) is 23.0 Å². The fourth-order valence-electron chi connectivity index (χ4n) is 3.23. The van der Waals surface area contributed by atoms with E-state index in [1.165, 1.54) is 19.9 Å². The van der Waals surface area contributed by atoms with Crippen LogP contribution in [0.1, 0.15) is 58.3 Å². The van der Waals surface area contributed by atoms with Gasteiger partial charge >= 0.3 is 7.48 Å². The first kappa shape index (κ1) is 27.1. The van der Waals surface area contributed by atoms with E-state index in [0.29, 0.717) is 22.9 Å². The molecule has 3 aromatic rings. The van der Waals surface area contributed by atoms with Gasteiger partial charge < -0.3 is 19.9 Å². The summed E-state index contributed by atoms with van der Waals surface area (Å²) >= 11 is 0. The van der Waals surface area contributed by atoms with Crippen molar-refractivity contribution in [3.8, 4) is 0 Å². The lowest BCUT2D eigenvalue weighted by Gasteiger charge is -2.37. The van der Waals surface area contributed by atoms with Crippen molar-refractivity contribution in [2.24, 2.45) is 0 Å². The number of aromatic amines is 1. The maximum Gasteiger partial charge on any atom is 0.332 e. The average molecular weight is 508 g/mol. The summed E-state index contributed by atoms with van der Waals surface area (Å²) in [7, 11) is -2.43. The zero-order valence-electron chi connectivity index (χ0n) is 20.2. The maximum absolute atomic E-state index is 15.2. The van der Waals surface area contributed by atoms with E-state index in [0.717, 1.165) is 12.1 Å². The Bertz CT molecular complexity index is 1320. The van der Waals surface area contributed by atoms with Gasteiger partial charge in [0.05, 0.1) is 28.2 Å². The summed E-state index contributed by atoms with van der Waals surface area (Å²) < 4.78 is 61.8. The predicted octanol–water partition coefficient (Wildman–Crippen LogP) is 2.89. The van der Waals surface area contributed by atoms with Crippen molar-refractivity contribution in [2.75, 3.05) is 10.5 Å². The molecule has 1 unspecified atom stereocenters. The van der Waals surface area contributed by atoms with Crippen LogP contribution >= 0.6 is 0 Å². The third-order valence-corrected chi connectivity index (χ3v) is 7.46. The quantitative estimate of drug-likeness (QED) is 0.312. The van der Waals surface area contributed by atoms with Crippen LogP contribution in [0.4, 0.5) is 14.5 Å². The summed E-state index contributed by atoms with van der Waals surface area (Å²) in [6.07, 6.45) is 1.43. The van der Waals surface area contributed by atoms with Crippen molar-refractivity contribution in [2.45, 2.75) is 58.3 Å². The fourth-order valence-corrected chi connectivity index (χ4v) is 4.36. The van der Waals surface area contributed by atoms with Gasteiger partial charge in [-0.3, -0.25) is 4.72 Å². The van der Waals surface area contributed by atoms with Crippen LogP contribution < -0.4 is 10.2 Å². The van der Waals surface area contributed by atoms with Crippen LogP contribution in [0.25, 0.3) is 11.0 Å². The highest BCUT2D eigenvalue weighted by Crippen LogP contribution is 2.34. The molecule has 1 atom stereocenters. The van der Waals surface area contributed by atoms with E-state index in [1.807, 2.05) is 0 Å². The largest absolute Gasteiger partial charge is 0.427 e. The normalized spacial score (nSPS) is 13.7. The molecule has 2 aromatic heterocycles. The Labute approximate surface area is 204 Å². The molecule has 0 saturated carbocycles. The molecule has 189 valence electrons. The van der Waals surface area contributed by atoms with Crippen LogP contribution in [-0.4, -0.2) is 53.0 Å². The number of rotatable bonds is 10. The number of aliphatic hydroxyl groups is 2. The predicted molar refractivity (Wildman–Crippen MR) is 131 cm³/mol. The van der Waals surface area contributed by atoms with Gasteiger partial charge in [-0.2, -0.15) is 0 Å². The van der Waals surface area contributed by atoms with Gasteiger partial charge in [-0.1, -0.05) is 13.0 Å². The summed E-state index contributed by atoms with van der Waals surface area (Å²) in [5.74, 6) is -2.48. The second kappa shape index (κ2) is 9.84. The van der Waals surface area contributed by atoms with E-state index in [-0.39, 0.29) is 11.3 Å². The zero-order valence-corrected chi connectivity index (χ0v) is 21.0. The SMILES string of the molecule is CCCS(=O)(=O)Nc1ccc(F)c(C(O)c2c[nH]c3ncc([B]OC(C)(C)C(C)(C)O)cc23)c1F. The maximum atomic E-state index is 15.2. The Morgan fingerprint density at radius 2 is 1.94 bits per heavy atom. The third kappa shape index (κ3) is 5.83. The molecule has 0 fully saturated rings. The number of H-pyrrole nitrogens is 1. The van der Waals surface area contributed by atoms with Gasteiger partial charge in [-0.25, -0.2) is 22.2 Å². The summed E-state index contributed by atoms with van der Waals surface area (Å²) in [5.41, 5.74) is -2.24. The number of sulfonamides is 1. The molecule has 0 bridgehead atoms. The lowest BCUT2D eigenvalue weighted by atomic mass is 9.83. The smallest absolute Gasteiger partial charge is 0.332 e. The molecular weight excluding hydrogens is 479 g/mol. The Kier molecular flexibility index (Phi) is 7.61. The number of anilines is 1. The molecule has 3 rings (SSSR count). The summed E-state index contributed by atoms with van der Waals surface area (Å²) in [4.78, 5) is 7.10. The lowest BCUT2D eigenvalue weighted by Crippen LogP contribution is -2.49. The Morgan fingerprint density at radius 1 is 1.26 bits per heavy atom. The summed E-state index contributed by atoms with van der Waals surface area (Å²) in [6, 6.07) is 3.48. The minimum Gasteiger partial charge on any atom is -0.427 e. The van der Waals surface area contributed by atoms with Crippen molar-refractivity contribution < 1.29 is 32.1 Å². The molecule has 12 heteroatoms. The topological polar surface area (TPSA) is 125 Å². The van der Waals surface area contributed by atoms with Crippen LogP contribution in [0.2, 0.25) is 0 Å². The van der Waals surface area contributed by atoms with Gasteiger partial charge in [-0.05, 0) is 51.7 Å². The van der Waals surface area contributed by atoms with E-state index < -0.39 is 50.2 Å². The van der Waals surface area contributed by atoms with Gasteiger partial charge in [-0.15, -0.1) is 0 Å². The van der Waals surface area contributed by atoms with E-state index in [1.54, 1.807) is 40.7 Å². The molecule has 0 aliphatic carbocycles. The van der Waals surface area contributed by atoms with Gasteiger partial charge in [0.2, 0.25) is 10.0 Å². The monoisotopic (exact) mass is 508 g/mol. The standard InChI is InChI=1S/C23H29BF2N3O5S/c1-6-9-35(32,33)29-17-8-7-16(25)18(19(17)26)20(30)15-12-28-21-14(15)10-13(11-27-21)24-34-23(4,5)22(2,3)31/h7-8,10-12,20,29-31H,6,9H2,1-5H3,(H,27,28). The number of nitrogens with zero attached hydrogens (tertiary/aromatic N) is 1. The molecule has 35 heavy (non-hydrogen) atoms. The van der Waals surface area contributed by atoms with Crippen LogP contribution in [0.3, 0.4) is 0 Å². The Hall–Kier alpha value is -2.54. The average Bonchev–Trinajstić information content (AvgIpc) is 3.17. The fraction of sp³-hybridized carbons (Fsp3) is 0.435. The number of hydrogen-bond donors (Lipinski definition) is 4. The van der Waals surface area contributed by atoms with Crippen LogP contribution in [0.5, 0.6) is 0 Å². The minimum absolute atomic E-state index is 0.135. The van der Waals surface area contributed by atoms with Crippen molar-refractivity contribution in [3.63, 3.8) is 0 Å². The first-order chi connectivity index (χ1) is 16.2. The summed E-state index contributed by atoms with van der Waals surface area (Å²) in [6.45, 7) is 8.32. The second-order valence-corrected chi connectivity index (χ2v) is 11.2. The number of aliphatic hydroxyl groups excluding tert-OH is 1. The van der Waals surface area contributed by atoms with Crippen molar-refractivity contribution >= 4 is 39.7 Å². The highest BCUT2D eigenvalue weighted by Gasteiger charge is 2.36. The number of hydrogen-bond acceptors (Lipinski definition) is 6. The molecule has 0 saturated heterocycles. The third-order valence-electron chi connectivity index (χ3n) is 5.98.